The van der Waals surface area contributed by atoms with Gasteiger partial charge in [-0.3, -0.25) is 0 Å². The van der Waals surface area contributed by atoms with Gasteiger partial charge in [-0.25, -0.2) is 8.42 Å². The summed E-state index contributed by atoms with van der Waals surface area (Å²) in [6.45, 7) is 2.74. The first kappa shape index (κ1) is 18.1. The molecule has 0 aromatic heterocycles. The maximum absolute atomic E-state index is 12.0. The molecule has 0 saturated carbocycles. The molecule has 0 bridgehead atoms. The van der Waals surface area contributed by atoms with Gasteiger partial charge in [-0.15, -0.1) is 0 Å². The summed E-state index contributed by atoms with van der Waals surface area (Å²) < 4.78 is 34.6. The molecular weight excluding hydrogens is 324 g/mol. The van der Waals surface area contributed by atoms with Crippen LogP contribution in [-0.4, -0.2) is 22.1 Å². The maximum Gasteiger partial charge on any atom is 0.245 e. The average Bonchev–Trinajstić information content (AvgIpc) is 2.59. The molecule has 0 N–H and O–H groups in total. The Morgan fingerprint density at radius 2 is 1.67 bits per heavy atom. The van der Waals surface area contributed by atoms with Gasteiger partial charge in [0.1, 0.15) is 5.75 Å². The van der Waals surface area contributed by atoms with E-state index in [1.807, 2.05) is 31.2 Å². The van der Waals surface area contributed by atoms with E-state index in [1.165, 1.54) is 0 Å². The molecule has 0 amide bonds. The zero-order valence-electron chi connectivity index (χ0n) is 13.8. The number of sulfone groups is 1. The Morgan fingerprint density at radius 1 is 1.00 bits per heavy atom. The van der Waals surface area contributed by atoms with Crippen LogP contribution in [0.5, 0.6) is 5.75 Å². The first-order chi connectivity index (χ1) is 11.5. The van der Waals surface area contributed by atoms with E-state index >= 15 is 0 Å². The molecule has 0 radical (unpaired) electrons. The Hall–Kier alpha value is -2.29. The van der Waals surface area contributed by atoms with E-state index in [4.69, 9.17) is 9.47 Å². The predicted octanol–water partition coefficient (Wildman–Crippen LogP) is 3.35. The lowest BCUT2D eigenvalue weighted by Crippen LogP contribution is -1.98. The van der Waals surface area contributed by atoms with Gasteiger partial charge in [-0.2, -0.15) is 0 Å². The van der Waals surface area contributed by atoms with Gasteiger partial charge < -0.3 is 9.47 Å². The Kier molecular flexibility index (Phi) is 6.42. The fraction of sp³-hybridized carbons (Fsp3) is 0.263. The predicted molar refractivity (Wildman–Crippen MR) is 93.4 cm³/mol. The van der Waals surface area contributed by atoms with Gasteiger partial charge in [-0.1, -0.05) is 35.7 Å². The van der Waals surface area contributed by atoms with Crippen molar-refractivity contribution < 1.29 is 17.9 Å². The second-order valence-electron chi connectivity index (χ2n) is 5.25. The average molecular weight is 344 g/mol. The summed E-state index contributed by atoms with van der Waals surface area (Å²) in [5.41, 5.74) is 2.03. The summed E-state index contributed by atoms with van der Waals surface area (Å²) in [7, 11) is -1.93. The first-order valence-corrected chi connectivity index (χ1v) is 9.01. The van der Waals surface area contributed by atoms with Crippen LogP contribution < -0.4 is 4.74 Å². The third-order valence-corrected chi connectivity index (χ3v) is 4.64. The molecule has 24 heavy (non-hydrogen) atoms. The molecule has 0 atom stereocenters. The molecule has 0 aliphatic rings. The van der Waals surface area contributed by atoms with Crippen molar-refractivity contribution in [3.05, 3.63) is 59.7 Å². The van der Waals surface area contributed by atoms with Gasteiger partial charge in [0.15, 0.2) is 0 Å². The fourth-order valence-corrected chi connectivity index (χ4v) is 2.86. The summed E-state index contributed by atoms with van der Waals surface area (Å²) in [6, 6.07) is 14.2. The molecule has 0 spiro atoms. The van der Waals surface area contributed by atoms with Gasteiger partial charge in [0.05, 0.1) is 25.2 Å². The van der Waals surface area contributed by atoms with Gasteiger partial charge in [-0.05, 0) is 36.8 Å². The monoisotopic (exact) mass is 344 g/mol. The van der Waals surface area contributed by atoms with Crippen LogP contribution in [0.2, 0.25) is 0 Å². The topological polar surface area (TPSA) is 52.6 Å². The highest BCUT2D eigenvalue weighted by Gasteiger charge is 2.09. The number of ether oxygens (including phenoxy) is 2. The molecule has 0 saturated heterocycles. The van der Waals surface area contributed by atoms with Crippen molar-refractivity contribution in [1.82, 2.24) is 0 Å². The highest BCUT2D eigenvalue weighted by atomic mass is 32.2. The molecule has 2 aromatic rings. The minimum absolute atomic E-state index is 0.222. The van der Waals surface area contributed by atoms with Crippen LogP contribution in [0.25, 0.3) is 0 Å². The lowest BCUT2D eigenvalue weighted by Gasteiger charge is -2.03. The standard InChI is InChI=1S/C19H20O4S/c1-16-5-11-19(12-6-16)24(20,21)14-4-3-13-23-15-17-7-9-18(22-2)10-8-17/h5-12H,3,13,15H2,1-2H3. The molecule has 5 heteroatoms. The first-order valence-electron chi connectivity index (χ1n) is 7.53. The number of hydrogen-bond acceptors (Lipinski definition) is 4. The number of methoxy groups -OCH3 is 1. The fourth-order valence-electron chi connectivity index (χ4n) is 1.96. The number of aryl methyl sites for hydroxylation is 1. The van der Waals surface area contributed by atoms with E-state index in [9.17, 15) is 8.42 Å². The zero-order valence-corrected chi connectivity index (χ0v) is 14.6. The van der Waals surface area contributed by atoms with E-state index in [2.05, 4.69) is 11.2 Å². The van der Waals surface area contributed by atoms with Crippen LogP contribution in [0.15, 0.2) is 53.4 Å². The third kappa shape index (κ3) is 5.41. The largest absolute Gasteiger partial charge is 0.497 e. The molecule has 2 aromatic carbocycles. The smallest absolute Gasteiger partial charge is 0.245 e. The number of rotatable bonds is 6. The Balaban J connectivity index is 1.79. The molecule has 4 nitrogen and oxygen atoms in total. The molecule has 2 rings (SSSR count). The third-order valence-electron chi connectivity index (χ3n) is 3.34. The van der Waals surface area contributed by atoms with E-state index in [0.29, 0.717) is 19.6 Å². The van der Waals surface area contributed by atoms with Crippen LogP contribution in [0.1, 0.15) is 17.5 Å². The van der Waals surface area contributed by atoms with E-state index < -0.39 is 9.84 Å². The summed E-state index contributed by atoms with van der Waals surface area (Å²) in [6.07, 6.45) is 0.362. The molecule has 126 valence electrons. The molecule has 0 unspecified atom stereocenters. The quantitative estimate of drug-likeness (QED) is 0.458. The highest BCUT2D eigenvalue weighted by molar-refractivity contribution is 7.96. The van der Waals surface area contributed by atoms with Crippen LogP contribution in [0.4, 0.5) is 0 Å². The van der Waals surface area contributed by atoms with E-state index in [0.717, 1.165) is 16.9 Å². The van der Waals surface area contributed by atoms with E-state index in [1.54, 1.807) is 31.4 Å². The van der Waals surface area contributed by atoms with Crippen LogP contribution in [0.3, 0.4) is 0 Å². The Bertz CT molecular complexity index is 810. The summed E-state index contributed by atoms with van der Waals surface area (Å²) in [5, 5.41) is 2.33. The molecule has 0 heterocycles. The Labute approximate surface area is 143 Å². The van der Waals surface area contributed by atoms with Crippen LogP contribution in [0, 0.1) is 18.1 Å². The van der Waals surface area contributed by atoms with Crippen molar-refractivity contribution in [1.29, 1.82) is 0 Å². The van der Waals surface area contributed by atoms with Gasteiger partial charge in [0, 0.05) is 11.7 Å². The lowest BCUT2D eigenvalue weighted by molar-refractivity contribution is 0.126. The Morgan fingerprint density at radius 3 is 2.29 bits per heavy atom. The zero-order chi connectivity index (χ0) is 17.4. The lowest BCUT2D eigenvalue weighted by atomic mass is 10.2. The van der Waals surface area contributed by atoms with Gasteiger partial charge >= 0.3 is 0 Å². The van der Waals surface area contributed by atoms with Gasteiger partial charge in [0.25, 0.3) is 0 Å². The SMILES string of the molecule is COc1ccc(COCCC#CS(=O)(=O)c2ccc(C)cc2)cc1. The highest BCUT2D eigenvalue weighted by Crippen LogP contribution is 2.12. The van der Waals surface area contributed by atoms with Crippen LogP contribution >= 0.6 is 0 Å². The van der Waals surface area contributed by atoms with Crippen molar-refractivity contribution >= 4 is 9.84 Å². The van der Waals surface area contributed by atoms with E-state index in [-0.39, 0.29) is 4.90 Å². The molecule has 0 aliphatic carbocycles. The van der Waals surface area contributed by atoms with Crippen molar-refractivity contribution in [2.45, 2.75) is 24.8 Å². The minimum atomic E-state index is -3.55. The normalized spacial score (nSPS) is 10.8. The van der Waals surface area contributed by atoms with Crippen molar-refractivity contribution in [3.63, 3.8) is 0 Å². The number of hydrogen-bond donors (Lipinski definition) is 0. The second-order valence-corrected chi connectivity index (χ2v) is 6.93. The molecule has 0 fully saturated rings. The van der Waals surface area contributed by atoms with Gasteiger partial charge in [0.2, 0.25) is 9.84 Å². The summed E-state index contributed by atoms with van der Waals surface area (Å²) in [4.78, 5) is 0.222. The van der Waals surface area contributed by atoms with Crippen molar-refractivity contribution in [2.24, 2.45) is 0 Å². The number of benzene rings is 2. The maximum atomic E-state index is 12.0. The summed E-state index contributed by atoms with van der Waals surface area (Å²) in [5.74, 6) is 3.46. The second kappa shape index (κ2) is 8.53. The van der Waals surface area contributed by atoms with Crippen molar-refractivity contribution in [3.8, 4) is 16.9 Å². The molecular formula is C19H20O4S. The molecule has 0 aliphatic heterocycles. The summed E-state index contributed by atoms with van der Waals surface area (Å²) >= 11 is 0. The van der Waals surface area contributed by atoms with Crippen molar-refractivity contribution in [2.75, 3.05) is 13.7 Å². The van der Waals surface area contributed by atoms with Crippen LogP contribution in [-0.2, 0) is 21.2 Å². The minimum Gasteiger partial charge on any atom is -0.497 e.